The molecular formula is C12H10BrFN6O. The van der Waals surface area contributed by atoms with Gasteiger partial charge in [0.15, 0.2) is 5.69 Å². The van der Waals surface area contributed by atoms with Gasteiger partial charge in [0.2, 0.25) is 5.82 Å². The van der Waals surface area contributed by atoms with E-state index in [1.165, 1.54) is 6.07 Å². The maximum absolute atomic E-state index is 13.2. The molecule has 3 aromatic rings. The van der Waals surface area contributed by atoms with Crippen LogP contribution >= 0.6 is 15.9 Å². The smallest absolute Gasteiger partial charge is 0.280 e. The molecular weight excluding hydrogens is 343 g/mol. The standard InChI is InChI=1S/C12H10BrFN6O/c13-8-5-7(1-2-9(8)14)11-16-12(21-18-11)10-6-20(4-3-15)19-17-10/h1-2,5-6H,3-4,15H2. The molecule has 1 aromatic carbocycles. The lowest BCUT2D eigenvalue weighted by Crippen LogP contribution is -2.10. The Balaban J connectivity index is 1.89. The molecule has 0 aliphatic carbocycles. The van der Waals surface area contributed by atoms with Crippen molar-refractivity contribution in [2.45, 2.75) is 6.54 Å². The van der Waals surface area contributed by atoms with Gasteiger partial charge < -0.3 is 10.3 Å². The van der Waals surface area contributed by atoms with Gasteiger partial charge in [-0.05, 0) is 34.1 Å². The first-order chi connectivity index (χ1) is 10.2. The van der Waals surface area contributed by atoms with Crippen molar-refractivity contribution in [3.8, 4) is 23.0 Å². The van der Waals surface area contributed by atoms with E-state index in [-0.39, 0.29) is 11.7 Å². The molecule has 0 fully saturated rings. The second-order valence-corrected chi connectivity index (χ2v) is 5.06. The van der Waals surface area contributed by atoms with Crippen LogP contribution in [0.3, 0.4) is 0 Å². The van der Waals surface area contributed by atoms with Gasteiger partial charge in [0, 0.05) is 12.1 Å². The number of hydrogen-bond donors (Lipinski definition) is 1. The molecule has 0 radical (unpaired) electrons. The molecule has 0 amide bonds. The van der Waals surface area contributed by atoms with Gasteiger partial charge in [-0.2, -0.15) is 4.98 Å². The van der Waals surface area contributed by atoms with Gasteiger partial charge in [-0.3, -0.25) is 4.68 Å². The molecule has 3 rings (SSSR count). The van der Waals surface area contributed by atoms with E-state index in [9.17, 15) is 4.39 Å². The van der Waals surface area contributed by atoms with Crippen molar-refractivity contribution in [2.24, 2.45) is 5.73 Å². The summed E-state index contributed by atoms with van der Waals surface area (Å²) < 4.78 is 20.3. The van der Waals surface area contributed by atoms with Crippen LogP contribution < -0.4 is 5.73 Å². The Labute approximate surface area is 127 Å². The third-order valence-electron chi connectivity index (χ3n) is 2.72. The highest BCUT2D eigenvalue weighted by atomic mass is 79.9. The van der Waals surface area contributed by atoms with Gasteiger partial charge in [-0.1, -0.05) is 10.4 Å². The molecule has 0 aliphatic heterocycles. The molecule has 0 aliphatic rings. The maximum Gasteiger partial charge on any atom is 0.280 e. The number of halogens is 2. The molecule has 7 nitrogen and oxygen atoms in total. The van der Waals surface area contributed by atoms with Crippen LogP contribution in [0.5, 0.6) is 0 Å². The van der Waals surface area contributed by atoms with E-state index in [0.29, 0.717) is 34.6 Å². The predicted octanol–water partition coefficient (Wildman–Crippen LogP) is 1.86. The molecule has 2 heterocycles. The lowest BCUT2D eigenvalue weighted by atomic mass is 10.2. The Kier molecular flexibility index (Phi) is 3.76. The van der Waals surface area contributed by atoms with E-state index in [1.54, 1.807) is 23.0 Å². The van der Waals surface area contributed by atoms with Gasteiger partial charge in [-0.15, -0.1) is 5.10 Å². The molecule has 21 heavy (non-hydrogen) atoms. The monoisotopic (exact) mass is 352 g/mol. The summed E-state index contributed by atoms with van der Waals surface area (Å²) >= 11 is 3.12. The largest absolute Gasteiger partial charge is 0.332 e. The van der Waals surface area contributed by atoms with Crippen molar-refractivity contribution < 1.29 is 8.91 Å². The maximum atomic E-state index is 13.2. The summed E-state index contributed by atoms with van der Waals surface area (Å²) in [6.07, 6.45) is 1.67. The number of benzene rings is 1. The first kappa shape index (κ1) is 13.8. The number of hydrogen-bond acceptors (Lipinski definition) is 6. The second kappa shape index (κ2) is 5.70. The van der Waals surface area contributed by atoms with E-state index >= 15 is 0 Å². The minimum atomic E-state index is -0.354. The summed E-state index contributed by atoms with van der Waals surface area (Å²) in [4.78, 5) is 4.23. The van der Waals surface area contributed by atoms with Crippen LogP contribution in [-0.2, 0) is 6.54 Å². The number of nitrogens with two attached hydrogens (primary N) is 1. The van der Waals surface area contributed by atoms with E-state index in [4.69, 9.17) is 10.3 Å². The average Bonchev–Trinajstić information content (AvgIpc) is 3.11. The Hall–Kier alpha value is -2.13. The second-order valence-electron chi connectivity index (χ2n) is 4.21. The van der Waals surface area contributed by atoms with E-state index in [2.05, 4.69) is 36.4 Å². The SMILES string of the molecule is NCCn1cc(-c2nc(-c3ccc(F)c(Br)c3)no2)nn1. The van der Waals surface area contributed by atoms with Crippen molar-refractivity contribution in [1.82, 2.24) is 25.1 Å². The Morgan fingerprint density at radius 1 is 1.38 bits per heavy atom. The van der Waals surface area contributed by atoms with E-state index in [0.717, 1.165) is 0 Å². The zero-order valence-electron chi connectivity index (χ0n) is 10.7. The van der Waals surface area contributed by atoms with Crippen LogP contribution in [0, 0.1) is 5.82 Å². The minimum absolute atomic E-state index is 0.244. The lowest BCUT2D eigenvalue weighted by molar-refractivity contribution is 0.431. The fourth-order valence-corrected chi connectivity index (χ4v) is 2.10. The van der Waals surface area contributed by atoms with Crippen molar-refractivity contribution >= 4 is 15.9 Å². The van der Waals surface area contributed by atoms with Gasteiger partial charge in [0.05, 0.1) is 17.2 Å². The van der Waals surface area contributed by atoms with Gasteiger partial charge >= 0.3 is 0 Å². The summed E-state index contributed by atoms with van der Waals surface area (Å²) in [6, 6.07) is 4.47. The van der Waals surface area contributed by atoms with Crippen LogP contribution in [0.1, 0.15) is 0 Å². The molecule has 2 N–H and O–H groups in total. The highest BCUT2D eigenvalue weighted by Crippen LogP contribution is 2.25. The molecule has 108 valence electrons. The van der Waals surface area contributed by atoms with Gasteiger partial charge in [-0.25, -0.2) is 4.39 Å². The fourth-order valence-electron chi connectivity index (χ4n) is 1.72. The third-order valence-corrected chi connectivity index (χ3v) is 3.33. The zero-order valence-corrected chi connectivity index (χ0v) is 12.3. The molecule has 0 spiro atoms. The lowest BCUT2D eigenvalue weighted by Gasteiger charge is -1.96. The topological polar surface area (TPSA) is 95.7 Å². The van der Waals surface area contributed by atoms with Gasteiger partial charge in [0.25, 0.3) is 5.89 Å². The molecule has 0 saturated carbocycles. The van der Waals surface area contributed by atoms with E-state index < -0.39 is 0 Å². The highest BCUT2D eigenvalue weighted by Gasteiger charge is 2.14. The quantitative estimate of drug-likeness (QED) is 0.769. The molecule has 0 bridgehead atoms. The van der Waals surface area contributed by atoms with Crippen molar-refractivity contribution in [1.29, 1.82) is 0 Å². The molecule has 2 aromatic heterocycles. The first-order valence-corrected chi connectivity index (χ1v) is 6.86. The van der Waals surface area contributed by atoms with Crippen LogP contribution in [0.4, 0.5) is 4.39 Å². The summed E-state index contributed by atoms with van der Waals surface area (Å²) in [5, 5.41) is 11.7. The number of nitrogens with zero attached hydrogens (tertiary/aromatic N) is 5. The summed E-state index contributed by atoms with van der Waals surface area (Å²) in [5.74, 6) is 0.236. The summed E-state index contributed by atoms with van der Waals surface area (Å²) in [6.45, 7) is 1.01. The van der Waals surface area contributed by atoms with Gasteiger partial charge in [0.1, 0.15) is 5.82 Å². The molecule has 0 atom stereocenters. The van der Waals surface area contributed by atoms with Crippen molar-refractivity contribution in [3.63, 3.8) is 0 Å². The normalized spacial score (nSPS) is 11.0. The van der Waals surface area contributed by atoms with Crippen LogP contribution in [0.25, 0.3) is 23.0 Å². The van der Waals surface area contributed by atoms with Crippen molar-refractivity contribution in [3.05, 3.63) is 34.7 Å². The Bertz CT molecular complexity index is 771. The summed E-state index contributed by atoms with van der Waals surface area (Å²) in [5.41, 5.74) is 6.53. The first-order valence-electron chi connectivity index (χ1n) is 6.07. The molecule has 9 heteroatoms. The Morgan fingerprint density at radius 3 is 3.00 bits per heavy atom. The number of aromatic nitrogens is 5. The van der Waals surface area contributed by atoms with Crippen molar-refractivity contribution in [2.75, 3.05) is 6.54 Å². The fraction of sp³-hybridized carbons (Fsp3) is 0.167. The Morgan fingerprint density at radius 2 is 2.24 bits per heavy atom. The summed E-state index contributed by atoms with van der Waals surface area (Å²) in [7, 11) is 0. The zero-order chi connectivity index (χ0) is 14.8. The predicted molar refractivity (Wildman–Crippen MR) is 75.5 cm³/mol. The average molecular weight is 353 g/mol. The van der Waals surface area contributed by atoms with Crippen LogP contribution in [0.15, 0.2) is 33.4 Å². The molecule has 0 unspecified atom stereocenters. The molecule has 0 saturated heterocycles. The number of rotatable bonds is 4. The minimum Gasteiger partial charge on any atom is -0.332 e. The third kappa shape index (κ3) is 2.83. The highest BCUT2D eigenvalue weighted by molar-refractivity contribution is 9.10. The van der Waals surface area contributed by atoms with E-state index in [1.807, 2.05) is 0 Å². The van der Waals surface area contributed by atoms with Crippen LogP contribution in [-0.4, -0.2) is 31.7 Å². The van der Waals surface area contributed by atoms with Crippen LogP contribution in [0.2, 0.25) is 0 Å².